The van der Waals surface area contributed by atoms with Gasteiger partial charge in [0.2, 0.25) is 10.0 Å². The topological polar surface area (TPSA) is 72.2 Å². The van der Waals surface area contributed by atoms with Crippen LogP contribution in [0.25, 0.3) is 0 Å². The van der Waals surface area contributed by atoms with Gasteiger partial charge in [0.1, 0.15) is 11.1 Å². The minimum Gasteiger partial charge on any atom is -0.392 e. The van der Waals surface area contributed by atoms with Gasteiger partial charge in [-0.1, -0.05) is 25.2 Å². The molecule has 0 fully saturated rings. The number of thiocarbonyl (C=S) groups is 1. The van der Waals surface area contributed by atoms with Crippen molar-refractivity contribution in [2.75, 3.05) is 4.72 Å². The lowest BCUT2D eigenvalue weighted by Gasteiger charge is -2.16. The highest BCUT2D eigenvalue weighted by atomic mass is 32.2. The lowest BCUT2D eigenvalue weighted by Crippen LogP contribution is -2.37. The number of halogens is 1. The first kappa shape index (κ1) is 14.8. The number of hydrogen-bond acceptors (Lipinski definition) is 3. The van der Waals surface area contributed by atoms with Gasteiger partial charge in [-0.05, 0) is 31.0 Å². The van der Waals surface area contributed by atoms with Gasteiger partial charge in [-0.2, -0.15) is 0 Å². The molecule has 0 radical (unpaired) electrons. The summed E-state index contributed by atoms with van der Waals surface area (Å²) in [6, 6.07) is 4.17. The van der Waals surface area contributed by atoms with Crippen molar-refractivity contribution in [1.82, 2.24) is 0 Å². The highest BCUT2D eigenvalue weighted by Gasteiger charge is 2.27. The molecular formula is C11H15FN2O2S2. The first-order chi connectivity index (χ1) is 8.27. The maximum atomic E-state index is 13.5. The molecule has 1 unspecified atom stereocenters. The number of anilines is 1. The van der Waals surface area contributed by atoms with E-state index < -0.39 is 21.1 Å². The average molecular weight is 290 g/mol. The third kappa shape index (κ3) is 3.39. The molecule has 1 aromatic carbocycles. The van der Waals surface area contributed by atoms with Gasteiger partial charge in [-0.15, -0.1) is 0 Å². The van der Waals surface area contributed by atoms with Crippen LogP contribution in [0.3, 0.4) is 0 Å². The molecule has 0 aliphatic carbocycles. The third-order valence-corrected chi connectivity index (χ3v) is 4.71. The average Bonchev–Trinajstić information content (AvgIpc) is 2.22. The number of nitrogens with two attached hydrogens (primary N) is 1. The molecule has 0 spiro atoms. The van der Waals surface area contributed by atoms with Crippen molar-refractivity contribution in [3.05, 3.63) is 29.6 Å². The van der Waals surface area contributed by atoms with Gasteiger partial charge in [0.05, 0.1) is 10.7 Å². The Balaban J connectivity index is 3.09. The number of benzene rings is 1. The fourth-order valence-electron chi connectivity index (χ4n) is 1.52. The largest absolute Gasteiger partial charge is 0.392 e. The molecule has 0 saturated carbocycles. The maximum Gasteiger partial charge on any atom is 0.242 e. The Labute approximate surface area is 111 Å². The summed E-state index contributed by atoms with van der Waals surface area (Å²) in [6.45, 7) is 3.39. The zero-order chi connectivity index (χ0) is 13.9. The van der Waals surface area contributed by atoms with Gasteiger partial charge in [0.15, 0.2) is 0 Å². The van der Waals surface area contributed by atoms with Crippen LogP contribution >= 0.6 is 12.2 Å². The molecule has 0 aromatic heterocycles. The molecular weight excluding hydrogens is 275 g/mol. The van der Waals surface area contributed by atoms with E-state index in [2.05, 4.69) is 4.72 Å². The molecule has 1 rings (SSSR count). The minimum absolute atomic E-state index is 0.0929. The van der Waals surface area contributed by atoms with Crippen molar-refractivity contribution < 1.29 is 12.8 Å². The zero-order valence-electron chi connectivity index (χ0n) is 10.1. The summed E-state index contributed by atoms with van der Waals surface area (Å²) in [5.41, 5.74) is 6.03. The van der Waals surface area contributed by atoms with E-state index in [0.717, 1.165) is 5.56 Å². The van der Waals surface area contributed by atoms with Crippen LogP contribution in [0, 0.1) is 12.7 Å². The number of nitrogens with one attached hydrogen (secondary N) is 1. The quantitative estimate of drug-likeness (QED) is 0.813. The lowest BCUT2D eigenvalue weighted by atomic mass is 10.2. The summed E-state index contributed by atoms with van der Waals surface area (Å²) >= 11 is 4.70. The third-order valence-electron chi connectivity index (χ3n) is 2.44. The van der Waals surface area contributed by atoms with Crippen molar-refractivity contribution in [1.29, 1.82) is 0 Å². The van der Waals surface area contributed by atoms with Crippen LogP contribution in [0.5, 0.6) is 0 Å². The molecule has 1 aromatic rings. The standard InChI is InChI=1S/C11H15FN2O2S2/c1-3-10(11(13)17)18(15,16)14-9-6-7(2)4-5-8(9)12/h4-6,10,14H,3H2,1-2H3,(H2,13,17). The van der Waals surface area contributed by atoms with Gasteiger partial charge < -0.3 is 5.73 Å². The fraction of sp³-hybridized carbons (Fsp3) is 0.364. The summed E-state index contributed by atoms with van der Waals surface area (Å²) in [5.74, 6) is -0.637. The van der Waals surface area contributed by atoms with Gasteiger partial charge in [0.25, 0.3) is 0 Å². The van der Waals surface area contributed by atoms with Crippen LogP contribution < -0.4 is 10.5 Å². The second-order valence-electron chi connectivity index (χ2n) is 3.93. The van der Waals surface area contributed by atoms with Gasteiger partial charge >= 0.3 is 0 Å². The molecule has 0 saturated heterocycles. The number of sulfonamides is 1. The minimum atomic E-state index is -3.82. The fourth-order valence-corrected chi connectivity index (χ4v) is 3.41. The Bertz CT molecular complexity index is 558. The SMILES string of the molecule is CCC(C(N)=S)S(=O)(=O)Nc1cc(C)ccc1F. The summed E-state index contributed by atoms with van der Waals surface area (Å²) in [5, 5.41) is -1.01. The number of aryl methyl sites for hydroxylation is 1. The molecule has 0 aliphatic rings. The molecule has 0 heterocycles. The normalized spacial score (nSPS) is 13.1. The van der Waals surface area contributed by atoms with Gasteiger partial charge in [0, 0.05) is 0 Å². The smallest absolute Gasteiger partial charge is 0.242 e. The van der Waals surface area contributed by atoms with E-state index in [0.29, 0.717) is 0 Å². The van der Waals surface area contributed by atoms with E-state index in [1.54, 1.807) is 19.9 Å². The molecule has 7 heteroatoms. The molecule has 0 amide bonds. The van der Waals surface area contributed by atoms with Gasteiger partial charge in [-0.25, -0.2) is 12.8 Å². The zero-order valence-corrected chi connectivity index (χ0v) is 11.7. The van der Waals surface area contributed by atoms with E-state index in [1.165, 1.54) is 12.1 Å². The summed E-state index contributed by atoms with van der Waals surface area (Å²) in [7, 11) is -3.82. The Hall–Kier alpha value is -1.21. The van der Waals surface area contributed by atoms with E-state index >= 15 is 0 Å². The Morgan fingerprint density at radius 1 is 1.56 bits per heavy atom. The first-order valence-electron chi connectivity index (χ1n) is 5.35. The van der Waals surface area contributed by atoms with Crippen LogP contribution in [-0.4, -0.2) is 18.7 Å². The van der Waals surface area contributed by atoms with Crippen molar-refractivity contribution in [3.8, 4) is 0 Å². The van der Waals surface area contributed by atoms with Crippen molar-refractivity contribution >= 4 is 32.9 Å². The highest BCUT2D eigenvalue weighted by Crippen LogP contribution is 2.19. The summed E-state index contributed by atoms with van der Waals surface area (Å²) < 4.78 is 39.6. The predicted octanol–water partition coefficient (Wildman–Crippen LogP) is 1.94. The Kier molecular flexibility index (Phi) is 4.64. The molecule has 0 aliphatic heterocycles. The van der Waals surface area contributed by atoms with Crippen LogP contribution in [0.1, 0.15) is 18.9 Å². The van der Waals surface area contributed by atoms with E-state index in [4.69, 9.17) is 18.0 Å². The monoisotopic (exact) mass is 290 g/mol. The lowest BCUT2D eigenvalue weighted by molar-refractivity contribution is 0.592. The summed E-state index contributed by atoms with van der Waals surface area (Å²) in [4.78, 5) is -0.127. The van der Waals surface area contributed by atoms with Crippen LogP contribution in [0.15, 0.2) is 18.2 Å². The van der Waals surface area contributed by atoms with E-state index in [1.807, 2.05) is 0 Å². The van der Waals surface area contributed by atoms with Crippen molar-refractivity contribution in [3.63, 3.8) is 0 Å². The Morgan fingerprint density at radius 3 is 2.67 bits per heavy atom. The number of rotatable bonds is 5. The summed E-state index contributed by atoms with van der Waals surface area (Å²) in [6.07, 6.45) is 0.234. The molecule has 100 valence electrons. The van der Waals surface area contributed by atoms with E-state index in [9.17, 15) is 12.8 Å². The molecule has 1 atom stereocenters. The van der Waals surface area contributed by atoms with Crippen molar-refractivity contribution in [2.24, 2.45) is 5.73 Å². The Morgan fingerprint density at radius 2 is 2.17 bits per heavy atom. The second kappa shape index (κ2) is 5.62. The van der Waals surface area contributed by atoms with Crippen molar-refractivity contribution in [2.45, 2.75) is 25.5 Å². The highest BCUT2D eigenvalue weighted by molar-refractivity contribution is 7.95. The molecule has 0 bridgehead atoms. The second-order valence-corrected chi connectivity index (χ2v) is 6.26. The van der Waals surface area contributed by atoms with Crippen LogP contribution in [0.4, 0.5) is 10.1 Å². The molecule has 3 N–H and O–H groups in total. The van der Waals surface area contributed by atoms with Crippen LogP contribution in [0.2, 0.25) is 0 Å². The number of hydrogen-bond donors (Lipinski definition) is 2. The predicted molar refractivity (Wildman–Crippen MR) is 74.5 cm³/mol. The van der Waals surface area contributed by atoms with E-state index in [-0.39, 0.29) is 17.1 Å². The first-order valence-corrected chi connectivity index (χ1v) is 7.30. The van der Waals surface area contributed by atoms with Gasteiger partial charge in [-0.3, -0.25) is 4.72 Å². The molecule has 4 nitrogen and oxygen atoms in total. The molecule has 18 heavy (non-hydrogen) atoms. The maximum absolute atomic E-state index is 13.5. The van der Waals surface area contributed by atoms with Crippen LogP contribution in [-0.2, 0) is 10.0 Å².